The molecular weight excluding hydrogens is 176 g/mol. The second-order valence-corrected chi connectivity index (χ2v) is 3.15. The van der Waals surface area contributed by atoms with Crippen molar-refractivity contribution in [2.24, 2.45) is 0 Å². The van der Waals surface area contributed by atoms with Crippen molar-refractivity contribution in [1.82, 2.24) is 19.7 Å². The fourth-order valence-corrected chi connectivity index (χ4v) is 1.44. The number of hydrogen-bond donors (Lipinski definition) is 1. The zero-order valence-corrected chi connectivity index (χ0v) is 6.90. The van der Waals surface area contributed by atoms with Gasteiger partial charge in [0.25, 0.3) is 0 Å². The predicted octanol–water partition coefficient (Wildman–Crippen LogP) is 0.216. The van der Waals surface area contributed by atoms with E-state index in [9.17, 15) is 0 Å². The van der Waals surface area contributed by atoms with Crippen molar-refractivity contribution in [3.05, 3.63) is 23.7 Å². The van der Waals surface area contributed by atoms with Crippen LogP contribution in [0.5, 0.6) is 0 Å². The minimum atomic E-state index is -0.0631. The molecule has 2 rings (SSSR count). The van der Waals surface area contributed by atoms with E-state index in [-0.39, 0.29) is 6.61 Å². The first kappa shape index (κ1) is 7.38. The fourth-order valence-electron chi connectivity index (χ4n) is 0.785. The van der Waals surface area contributed by atoms with E-state index >= 15 is 0 Å². The lowest BCUT2D eigenvalue weighted by molar-refractivity contribution is 0.280. The Morgan fingerprint density at radius 2 is 2.42 bits per heavy atom. The summed E-state index contributed by atoms with van der Waals surface area (Å²) in [6, 6.07) is 0. The predicted molar refractivity (Wildman–Crippen MR) is 43.0 cm³/mol. The number of nitrogens with zero attached hydrogens (tertiary/aromatic N) is 4. The topological polar surface area (TPSA) is 63.8 Å². The monoisotopic (exact) mass is 182 g/mol. The highest BCUT2D eigenvalue weighted by Crippen LogP contribution is 2.13. The molecule has 0 saturated heterocycles. The largest absolute Gasteiger partial charge is 0.389 e. The van der Waals surface area contributed by atoms with Gasteiger partial charge < -0.3 is 5.11 Å². The van der Waals surface area contributed by atoms with Crippen molar-refractivity contribution in [1.29, 1.82) is 0 Å². The lowest BCUT2D eigenvalue weighted by Gasteiger charge is -1.89. The summed E-state index contributed by atoms with van der Waals surface area (Å²) in [5, 5.41) is 17.7. The smallest absolute Gasteiger partial charge is 0.217 e. The Kier molecular flexibility index (Phi) is 1.84. The molecule has 2 aromatic heterocycles. The Bertz CT molecular complexity index is 355. The molecule has 0 radical (unpaired) electrons. The maximum Gasteiger partial charge on any atom is 0.217 e. The van der Waals surface area contributed by atoms with E-state index < -0.39 is 0 Å². The van der Waals surface area contributed by atoms with Crippen molar-refractivity contribution in [3.63, 3.8) is 0 Å². The van der Waals surface area contributed by atoms with Crippen molar-refractivity contribution in [2.75, 3.05) is 0 Å². The zero-order valence-electron chi connectivity index (χ0n) is 6.08. The lowest BCUT2D eigenvalue weighted by Crippen LogP contribution is -1.87. The van der Waals surface area contributed by atoms with E-state index in [1.54, 1.807) is 23.3 Å². The minimum Gasteiger partial charge on any atom is -0.389 e. The molecule has 0 unspecified atom stereocenters. The highest BCUT2D eigenvalue weighted by molar-refractivity contribution is 7.13. The third-order valence-corrected chi connectivity index (χ3v) is 2.24. The molecule has 0 amide bonds. The van der Waals surface area contributed by atoms with E-state index in [4.69, 9.17) is 5.11 Å². The standard InChI is InChI=1S/C6H6N4OS/c11-3-5-8-9-6(12-5)10-2-1-7-4-10/h1-2,4,11H,3H2. The first-order valence-electron chi connectivity index (χ1n) is 3.31. The summed E-state index contributed by atoms with van der Waals surface area (Å²) in [6.45, 7) is -0.0631. The molecule has 12 heavy (non-hydrogen) atoms. The van der Waals surface area contributed by atoms with E-state index in [0.29, 0.717) is 5.01 Å². The Hall–Kier alpha value is -1.27. The fraction of sp³-hybridized carbons (Fsp3) is 0.167. The average molecular weight is 182 g/mol. The highest BCUT2D eigenvalue weighted by atomic mass is 32.1. The lowest BCUT2D eigenvalue weighted by atomic mass is 10.8. The summed E-state index contributed by atoms with van der Waals surface area (Å²) >= 11 is 1.34. The molecule has 0 saturated carbocycles. The van der Waals surface area contributed by atoms with Gasteiger partial charge in [-0.1, -0.05) is 11.3 Å². The molecule has 0 spiro atoms. The first-order chi connectivity index (χ1) is 5.90. The van der Waals surface area contributed by atoms with Gasteiger partial charge >= 0.3 is 0 Å². The van der Waals surface area contributed by atoms with Crippen LogP contribution in [0.4, 0.5) is 0 Å². The average Bonchev–Trinajstić information content (AvgIpc) is 2.75. The van der Waals surface area contributed by atoms with E-state index in [1.807, 2.05) is 0 Å². The summed E-state index contributed by atoms with van der Waals surface area (Å²) in [5.74, 6) is 0. The van der Waals surface area contributed by atoms with Crippen LogP contribution in [0.25, 0.3) is 5.13 Å². The van der Waals surface area contributed by atoms with Gasteiger partial charge in [0.15, 0.2) is 0 Å². The van der Waals surface area contributed by atoms with E-state index in [2.05, 4.69) is 15.2 Å². The molecular formula is C6H6N4OS. The summed E-state index contributed by atoms with van der Waals surface area (Å²) in [6.07, 6.45) is 5.09. The van der Waals surface area contributed by atoms with Crippen LogP contribution in [0.15, 0.2) is 18.7 Å². The van der Waals surface area contributed by atoms with Crippen LogP contribution >= 0.6 is 11.3 Å². The molecule has 5 nitrogen and oxygen atoms in total. The second-order valence-electron chi connectivity index (χ2n) is 2.11. The summed E-state index contributed by atoms with van der Waals surface area (Å²) < 4.78 is 1.75. The molecule has 0 aliphatic heterocycles. The van der Waals surface area contributed by atoms with Crippen molar-refractivity contribution < 1.29 is 5.11 Å². The van der Waals surface area contributed by atoms with Gasteiger partial charge in [-0.15, -0.1) is 10.2 Å². The summed E-state index contributed by atoms with van der Waals surface area (Å²) in [5.41, 5.74) is 0. The molecule has 0 atom stereocenters. The Morgan fingerprint density at radius 1 is 1.50 bits per heavy atom. The van der Waals surface area contributed by atoms with Crippen LogP contribution < -0.4 is 0 Å². The van der Waals surface area contributed by atoms with Crippen LogP contribution in [-0.4, -0.2) is 24.9 Å². The van der Waals surface area contributed by atoms with Crippen molar-refractivity contribution in [2.45, 2.75) is 6.61 Å². The maximum absolute atomic E-state index is 8.73. The normalized spacial score (nSPS) is 10.4. The van der Waals surface area contributed by atoms with Gasteiger partial charge in [-0.25, -0.2) is 4.98 Å². The second kappa shape index (κ2) is 3.00. The van der Waals surface area contributed by atoms with Crippen LogP contribution in [0.3, 0.4) is 0 Å². The molecule has 0 fully saturated rings. The highest BCUT2D eigenvalue weighted by Gasteiger charge is 2.03. The van der Waals surface area contributed by atoms with Gasteiger partial charge in [-0.05, 0) is 0 Å². The first-order valence-corrected chi connectivity index (χ1v) is 4.13. The van der Waals surface area contributed by atoms with E-state index in [1.165, 1.54) is 11.3 Å². The number of aromatic nitrogens is 4. The molecule has 62 valence electrons. The Balaban J connectivity index is 2.35. The van der Waals surface area contributed by atoms with Crippen molar-refractivity contribution >= 4 is 11.3 Å². The van der Waals surface area contributed by atoms with Crippen LogP contribution in [-0.2, 0) is 6.61 Å². The number of hydrogen-bond acceptors (Lipinski definition) is 5. The van der Waals surface area contributed by atoms with Gasteiger partial charge in [-0.3, -0.25) is 4.57 Å². The van der Waals surface area contributed by atoms with Crippen LogP contribution in [0.2, 0.25) is 0 Å². The quantitative estimate of drug-likeness (QED) is 0.721. The molecule has 2 heterocycles. The third kappa shape index (κ3) is 1.21. The number of aliphatic hydroxyl groups excluding tert-OH is 1. The molecule has 0 aliphatic carbocycles. The number of imidazole rings is 1. The summed E-state index contributed by atoms with van der Waals surface area (Å²) in [7, 11) is 0. The zero-order chi connectivity index (χ0) is 8.39. The minimum absolute atomic E-state index is 0.0631. The molecule has 0 aromatic carbocycles. The van der Waals surface area contributed by atoms with Crippen molar-refractivity contribution in [3.8, 4) is 5.13 Å². The van der Waals surface area contributed by atoms with Crippen LogP contribution in [0, 0.1) is 0 Å². The van der Waals surface area contributed by atoms with Gasteiger partial charge in [0.2, 0.25) is 5.13 Å². The molecule has 0 aliphatic rings. The molecule has 0 bridgehead atoms. The number of rotatable bonds is 2. The van der Waals surface area contributed by atoms with Crippen LogP contribution in [0.1, 0.15) is 5.01 Å². The third-order valence-electron chi connectivity index (χ3n) is 1.32. The van der Waals surface area contributed by atoms with Gasteiger partial charge in [0.05, 0.1) is 6.61 Å². The molecule has 2 aromatic rings. The summed E-state index contributed by atoms with van der Waals surface area (Å²) in [4.78, 5) is 3.87. The van der Waals surface area contributed by atoms with Gasteiger partial charge in [-0.2, -0.15) is 0 Å². The molecule has 6 heteroatoms. The maximum atomic E-state index is 8.73. The SMILES string of the molecule is OCc1nnc(-n2ccnc2)s1. The Labute approximate surface area is 72.3 Å². The van der Waals surface area contributed by atoms with Gasteiger partial charge in [0.1, 0.15) is 11.3 Å². The molecule has 1 N–H and O–H groups in total. The Morgan fingerprint density at radius 3 is 3.00 bits per heavy atom. The van der Waals surface area contributed by atoms with E-state index in [0.717, 1.165) is 5.13 Å². The number of aliphatic hydroxyl groups is 1. The van der Waals surface area contributed by atoms with Gasteiger partial charge in [0, 0.05) is 12.4 Å².